The molecule has 0 aliphatic carbocycles. The third-order valence-corrected chi connectivity index (χ3v) is 10.9. The number of pyridine rings is 2. The summed E-state index contributed by atoms with van der Waals surface area (Å²) < 4.78 is 22.3. The molecule has 302 valence electrons. The van der Waals surface area contributed by atoms with Crippen LogP contribution in [0.4, 0.5) is 27.4 Å². The largest absolute Gasteiger partial charge is 0.494 e. The first kappa shape index (κ1) is 38.8. The fraction of sp³-hybridized carbons (Fsp3) is 0.286. The number of hydrogen-bond acceptors (Lipinski definition) is 12. The summed E-state index contributed by atoms with van der Waals surface area (Å²) in [5.41, 5.74) is 5.22. The predicted octanol–water partition coefficient (Wildman–Crippen LogP) is 4.94. The Balaban J connectivity index is 0.915. The number of nitrogens with zero attached hydrogens (tertiary/aromatic N) is 7. The van der Waals surface area contributed by atoms with Crippen LogP contribution >= 0.6 is 0 Å². The van der Waals surface area contributed by atoms with Gasteiger partial charge in [0.05, 0.1) is 53.0 Å². The number of imide groups is 1. The van der Waals surface area contributed by atoms with Gasteiger partial charge in [-0.2, -0.15) is 0 Å². The number of methoxy groups -OCH3 is 1. The zero-order valence-corrected chi connectivity index (χ0v) is 32.7. The quantitative estimate of drug-likeness (QED) is 0.129. The number of carbonyl (C=O) groups excluding carboxylic acids is 3. The molecule has 2 aliphatic heterocycles. The minimum absolute atomic E-state index is 0.201. The van der Waals surface area contributed by atoms with Crippen molar-refractivity contribution in [3.63, 3.8) is 0 Å². The number of nitrogens with one attached hydrogen (secondary N) is 4. The molecule has 8 rings (SSSR count). The van der Waals surface area contributed by atoms with Gasteiger partial charge in [0.25, 0.3) is 5.91 Å². The van der Waals surface area contributed by atoms with Crippen LogP contribution in [-0.2, 0) is 23.2 Å². The van der Waals surface area contributed by atoms with Gasteiger partial charge in [-0.1, -0.05) is 18.2 Å². The number of benzene rings is 2. The first-order valence-corrected chi connectivity index (χ1v) is 19.2. The molecule has 0 radical (unpaired) electrons. The molecule has 17 heteroatoms. The predicted molar refractivity (Wildman–Crippen MR) is 218 cm³/mol. The molecule has 2 aromatic carbocycles. The molecule has 59 heavy (non-hydrogen) atoms. The molecule has 0 spiro atoms. The molecule has 1 atom stereocenters. The van der Waals surface area contributed by atoms with Gasteiger partial charge < -0.3 is 20.7 Å². The number of ether oxygens (including phenoxy) is 1. The number of amides is 3. The third-order valence-electron chi connectivity index (χ3n) is 10.9. The zero-order chi connectivity index (χ0) is 41.2. The number of carbonyl (C=O) groups is 3. The molecule has 2 aliphatic rings. The first-order valence-electron chi connectivity index (χ1n) is 19.2. The molecule has 2 saturated heterocycles. The highest BCUT2D eigenvalue weighted by molar-refractivity contribution is 6.01. The van der Waals surface area contributed by atoms with Gasteiger partial charge in [0, 0.05) is 45.5 Å². The maximum Gasteiger partial charge on any atom is 0.329 e. The van der Waals surface area contributed by atoms with Crippen molar-refractivity contribution in [3.8, 4) is 17.1 Å². The summed E-state index contributed by atoms with van der Waals surface area (Å²) in [6.45, 7) is 2.52. The molecule has 2 fully saturated rings. The fourth-order valence-electron chi connectivity index (χ4n) is 7.84. The summed E-state index contributed by atoms with van der Waals surface area (Å²) >= 11 is 0. The molecule has 0 bridgehead atoms. The second-order valence-corrected chi connectivity index (χ2v) is 14.6. The normalized spacial score (nSPS) is 16.2. The van der Waals surface area contributed by atoms with Crippen molar-refractivity contribution in [2.45, 2.75) is 44.2 Å². The van der Waals surface area contributed by atoms with E-state index in [1.807, 2.05) is 24.4 Å². The number of anilines is 4. The maximum atomic E-state index is 13.5. The zero-order valence-electron chi connectivity index (χ0n) is 32.7. The minimum Gasteiger partial charge on any atom is -0.494 e. The van der Waals surface area contributed by atoms with Gasteiger partial charge in [-0.3, -0.25) is 33.7 Å². The summed E-state index contributed by atoms with van der Waals surface area (Å²) in [7, 11) is 4.76. The van der Waals surface area contributed by atoms with Crippen molar-refractivity contribution in [2.24, 2.45) is 7.05 Å². The van der Waals surface area contributed by atoms with E-state index >= 15 is 0 Å². The maximum absolute atomic E-state index is 13.5. The highest BCUT2D eigenvalue weighted by atomic mass is 19.1. The van der Waals surface area contributed by atoms with Crippen LogP contribution in [0, 0.1) is 5.82 Å². The standard InChI is InChI=1S/C42H42FN11O5/c1-44-40(56)29-22-46-36(18-31(29)49-30-6-4-5-28(38(30)59-3)39-47-20-27(43)21-48-39)50-35-11-7-24(19-45-35)23-53-15-13-25(14-16-53)26-8-9-32-34(17-26)52(2)42(58)54(32)33-10-12-37(55)51-41(33)57/h4-9,11,17-22,25,33H,10,12-16,23H2,1-3H3,(H,44,56)(H,51,55,57)(H2,45,46,49,50). The van der Waals surface area contributed by atoms with Gasteiger partial charge in [0.15, 0.2) is 17.4 Å². The molecule has 4 aromatic heterocycles. The Hall–Kier alpha value is -7.01. The molecular formula is C42H42FN11O5. The van der Waals surface area contributed by atoms with Crippen molar-refractivity contribution < 1.29 is 23.5 Å². The number of aromatic nitrogens is 6. The third kappa shape index (κ3) is 7.96. The van der Waals surface area contributed by atoms with Gasteiger partial charge in [0.2, 0.25) is 11.8 Å². The van der Waals surface area contributed by atoms with Crippen LogP contribution < -0.4 is 31.7 Å². The monoisotopic (exact) mass is 799 g/mol. The Bertz CT molecular complexity index is 2620. The van der Waals surface area contributed by atoms with E-state index in [-0.39, 0.29) is 29.7 Å². The molecule has 0 saturated carbocycles. The second-order valence-electron chi connectivity index (χ2n) is 14.6. The topological polar surface area (TPSA) is 190 Å². The highest BCUT2D eigenvalue weighted by Gasteiger charge is 2.32. The number of rotatable bonds is 11. The second kappa shape index (κ2) is 16.5. The first-order chi connectivity index (χ1) is 28.6. The van der Waals surface area contributed by atoms with E-state index in [2.05, 4.69) is 58.2 Å². The molecular weight excluding hydrogens is 758 g/mol. The Morgan fingerprint density at radius 3 is 2.37 bits per heavy atom. The van der Waals surface area contributed by atoms with E-state index in [1.165, 1.54) is 24.9 Å². The molecule has 16 nitrogen and oxygen atoms in total. The van der Waals surface area contributed by atoms with Crippen LogP contribution in [0.25, 0.3) is 22.4 Å². The number of hydrogen-bond donors (Lipinski definition) is 4. The smallest absolute Gasteiger partial charge is 0.329 e. The highest BCUT2D eigenvalue weighted by Crippen LogP contribution is 2.38. The molecule has 4 N–H and O–H groups in total. The summed E-state index contributed by atoms with van der Waals surface area (Å²) in [4.78, 5) is 70.1. The van der Waals surface area contributed by atoms with Crippen LogP contribution in [0.15, 0.2) is 84.2 Å². The van der Waals surface area contributed by atoms with E-state index in [4.69, 9.17) is 4.74 Å². The van der Waals surface area contributed by atoms with Gasteiger partial charge in [-0.25, -0.2) is 29.1 Å². The van der Waals surface area contributed by atoms with Crippen LogP contribution in [-0.4, -0.2) is 78.9 Å². The molecule has 1 unspecified atom stereocenters. The van der Waals surface area contributed by atoms with Crippen LogP contribution in [0.3, 0.4) is 0 Å². The van der Waals surface area contributed by atoms with Gasteiger partial charge in [-0.05, 0) is 79.7 Å². The number of aryl methyl sites for hydroxylation is 1. The van der Waals surface area contributed by atoms with Crippen molar-refractivity contribution in [1.29, 1.82) is 0 Å². The summed E-state index contributed by atoms with van der Waals surface area (Å²) in [6, 6.07) is 16.3. The van der Waals surface area contributed by atoms with Crippen LogP contribution in [0.5, 0.6) is 5.75 Å². The fourth-order valence-corrected chi connectivity index (χ4v) is 7.84. The lowest BCUT2D eigenvalue weighted by molar-refractivity contribution is -0.135. The number of fused-ring (bicyclic) bond motifs is 1. The number of halogens is 1. The van der Waals surface area contributed by atoms with Gasteiger partial charge in [-0.15, -0.1) is 0 Å². The summed E-state index contributed by atoms with van der Waals surface area (Å²) in [5.74, 6) is 0.377. The molecule has 6 heterocycles. The number of likely N-dealkylation sites (tertiary alicyclic amines) is 1. The van der Waals surface area contributed by atoms with E-state index in [9.17, 15) is 23.6 Å². The number of para-hydroxylation sites is 1. The lowest BCUT2D eigenvalue weighted by Crippen LogP contribution is -2.44. The Morgan fingerprint density at radius 1 is 0.881 bits per heavy atom. The van der Waals surface area contributed by atoms with Gasteiger partial charge >= 0.3 is 5.69 Å². The SMILES string of the molecule is CNC(=O)c1cnc(Nc2ccc(CN3CCC(c4ccc5c(c4)n(C)c(=O)n5C4CCC(=O)NC4=O)CC3)cn2)cc1Nc1cccc(-c2ncc(F)cn2)c1OC. The van der Waals surface area contributed by atoms with Crippen molar-refractivity contribution >= 4 is 51.8 Å². The minimum atomic E-state index is -0.710. The van der Waals surface area contributed by atoms with E-state index in [0.29, 0.717) is 57.7 Å². The lowest BCUT2D eigenvalue weighted by Gasteiger charge is -2.32. The average molecular weight is 800 g/mol. The van der Waals surface area contributed by atoms with Crippen LogP contribution in [0.1, 0.15) is 59.1 Å². The Morgan fingerprint density at radius 2 is 1.66 bits per heavy atom. The molecule has 3 amide bonds. The number of imidazole rings is 1. The summed E-state index contributed by atoms with van der Waals surface area (Å²) in [5, 5.41) is 11.5. The van der Waals surface area contributed by atoms with Gasteiger partial charge in [0.1, 0.15) is 17.7 Å². The van der Waals surface area contributed by atoms with Crippen molar-refractivity contribution in [1.82, 2.24) is 44.6 Å². The summed E-state index contributed by atoms with van der Waals surface area (Å²) in [6.07, 6.45) is 7.87. The van der Waals surface area contributed by atoms with Crippen LogP contribution in [0.2, 0.25) is 0 Å². The lowest BCUT2D eigenvalue weighted by atomic mass is 9.89. The van der Waals surface area contributed by atoms with E-state index in [1.54, 1.807) is 35.9 Å². The van der Waals surface area contributed by atoms with Crippen molar-refractivity contribution in [2.75, 3.05) is 37.9 Å². The Kier molecular flexibility index (Phi) is 10.8. The Labute approximate surface area is 337 Å². The average Bonchev–Trinajstić information content (AvgIpc) is 3.49. The van der Waals surface area contributed by atoms with E-state index in [0.717, 1.165) is 61.5 Å². The van der Waals surface area contributed by atoms with Crippen molar-refractivity contribution in [3.05, 3.63) is 112 Å². The molecule has 6 aromatic rings. The van der Waals surface area contributed by atoms with E-state index < -0.39 is 17.8 Å². The number of piperidine rings is 2.